The van der Waals surface area contributed by atoms with Gasteiger partial charge in [-0.3, -0.25) is 4.79 Å². The molecule has 0 atom stereocenters. The first kappa shape index (κ1) is 21.6. The van der Waals surface area contributed by atoms with Crippen molar-refractivity contribution in [3.05, 3.63) is 101 Å². The Morgan fingerprint density at radius 1 is 0.970 bits per heavy atom. The zero-order chi connectivity index (χ0) is 23.0. The summed E-state index contributed by atoms with van der Waals surface area (Å²) in [5, 5.41) is 16.5. The molecular formula is C24H20N6O3. The number of carbonyl (C=O) groups excluding carboxylic acids is 2. The monoisotopic (exact) mass is 440 g/mol. The third kappa shape index (κ3) is 5.53. The molecule has 1 aromatic heterocycles. The highest BCUT2D eigenvalue weighted by Crippen LogP contribution is 2.13. The predicted molar refractivity (Wildman–Crippen MR) is 122 cm³/mol. The number of tetrazole rings is 1. The first-order valence-corrected chi connectivity index (χ1v) is 10.1. The molecule has 164 valence electrons. The van der Waals surface area contributed by atoms with E-state index in [-0.39, 0.29) is 5.91 Å². The molecule has 4 rings (SSSR count). The number of amides is 1. The van der Waals surface area contributed by atoms with Crippen LogP contribution in [0.2, 0.25) is 0 Å². The average molecular weight is 440 g/mol. The zero-order valence-corrected chi connectivity index (χ0v) is 17.8. The van der Waals surface area contributed by atoms with Crippen LogP contribution in [0.15, 0.2) is 84.0 Å². The van der Waals surface area contributed by atoms with Crippen LogP contribution in [0.1, 0.15) is 31.8 Å². The number of nitrogens with zero attached hydrogens (tertiary/aromatic N) is 5. The van der Waals surface area contributed by atoms with Crippen molar-refractivity contribution in [3.8, 4) is 11.4 Å². The van der Waals surface area contributed by atoms with Gasteiger partial charge in [0, 0.05) is 11.1 Å². The van der Waals surface area contributed by atoms with Crippen molar-refractivity contribution in [2.24, 2.45) is 5.10 Å². The minimum Gasteiger partial charge on any atom is -0.465 e. The summed E-state index contributed by atoms with van der Waals surface area (Å²) in [6.45, 7) is 0.432. The molecule has 3 aromatic carbocycles. The Hall–Kier alpha value is -4.66. The van der Waals surface area contributed by atoms with Gasteiger partial charge < -0.3 is 4.74 Å². The molecule has 1 N–H and O–H groups in total. The smallest absolute Gasteiger partial charge is 0.337 e. The minimum absolute atomic E-state index is 0.339. The molecule has 0 aliphatic carbocycles. The normalized spacial score (nSPS) is 10.8. The lowest BCUT2D eigenvalue weighted by atomic mass is 10.1. The van der Waals surface area contributed by atoms with Gasteiger partial charge in [0.05, 0.1) is 25.4 Å². The van der Waals surface area contributed by atoms with Gasteiger partial charge in [0.2, 0.25) is 5.82 Å². The molecule has 0 bridgehead atoms. The molecule has 1 amide bonds. The fourth-order valence-electron chi connectivity index (χ4n) is 2.99. The Balaban J connectivity index is 1.32. The van der Waals surface area contributed by atoms with Gasteiger partial charge in [-0.1, -0.05) is 54.6 Å². The molecule has 0 radical (unpaired) electrons. The molecule has 0 saturated heterocycles. The van der Waals surface area contributed by atoms with Crippen LogP contribution in [0.5, 0.6) is 0 Å². The molecule has 9 heteroatoms. The first-order chi connectivity index (χ1) is 16.1. The van der Waals surface area contributed by atoms with Crippen molar-refractivity contribution in [2.45, 2.75) is 6.54 Å². The van der Waals surface area contributed by atoms with Gasteiger partial charge in [-0.25, -0.2) is 10.2 Å². The van der Waals surface area contributed by atoms with Gasteiger partial charge in [0.1, 0.15) is 0 Å². The highest BCUT2D eigenvalue weighted by molar-refractivity contribution is 5.95. The van der Waals surface area contributed by atoms with Gasteiger partial charge in [-0.2, -0.15) is 9.90 Å². The van der Waals surface area contributed by atoms with Crippen LogP contribution in [0.4, 0.5) is 0 Å². The van der Waals surface area contributed by atoms with E-state index in [0.717, 1.165) is 16.7 Å². The Morgan fingerprint density at radius 2 is 1.67 bits per heavy atom. The third-order valence-electron chi connectivity index (χ3n) is 4.74. The van der Waals surface area contributed by atoms with E-state index < -0.39 is 5.97 Å². The maximum Gasteiger partial charge on any atom is 0.337 e. The minimum atomic E-state index is -0.411. The summed E-state index contributed by atoms with van der Waals surface area (Å²) in [6, 6.07) is 23.4. The van der Waals surface area contributed by atoms with Crippen LogP contribution in [0.25, 0.3) is 11.4 Å². The Labute approximate surface area is 189 Å². The van der Waals surface area contributed by atoms with E-state index in [1.165, 1.54) is 18.1 Å². The third-order valence-corrected chi connectivity index (χ3v) is 4.74. The number of hydrazone groups is 1. The van der Waals surface area contributed by atoms with Crippen molar-refractivity contribution in [1.29, 1.82) is 0 Å². The summed E-state index contributed by atoms with van der Waals surface area (Å²) < 4.78 is 4.66. The van der Waals surface area contributed by atoms with Gasteiger partial charge in [-0.15, -0.1) is 10.2 Å². The summed E-state index contributed by atoms with van der Waals surface area (Å²) >= 11 is 0. The number of methoxy groups -OCH3 is 1. The Morgan fingerprint density at radius 3 is 2.36 bits per heavy atom. The van der Waals surface area contributed by atoms with Crippen LogP contribution in [0, 0.1) is 0 Å². The van der Waals surface area contributed by atoms with Gasteiger partial charge in [0.15, 0.2) is 0 Å². The number of nitrogens with one attached hydrogen (secondary N) is 1. The number of ether oxygens (including phenoxy) is 1. The predicted octanol–water partition coefficient (Wildman–Crippen LogP) is 2.94. The Bertz CT molecular complexity index is 1270. The fourth-order valence-corrected chi connectivity index (χ4v) is 2.99. The highest BCUT2D eigenvalue weighted by Gasteiger charge is 2.08. The lowest BCUT2D eigenvalue weighted by Gasteiger charge is -2.03. The van der Waals surface area contributed by atoms with Crippen molar-refractivity contribution in [2.75, 3.05) is 7.11 Å². The van der Waals surface area contributed by atoms with E-state index in [9.17, 15) is 9.59 Å². The highest BCUT2D eigenvalue weighted by atomic mass is 16.5. The summed E-state index contributed by atoms with van der Waals surface area (Å²) in [5.74, 6) is -0.190. The van der Waals surface area contributed by atoms with Crippen LogP contribution >= 0.6 is 0 Å². The molecule has 33 heavy (non-hydrogen) atoms. The molecule has 9 nitrogen and oxygen atoms in total. The fraction of sp³-hybridized carbons (Fsp3) is 0.0833. The van der Waals surface area contributed by atoms with Crippen molar-refractivity contribution < 1.29 is 14.3 Å². The van der Waals surface area contributed by atoms with E-state index in [4.69, 9.17) is 0 Å². The molecule has 0 unspecified atom stereocenters. The Kier molecular flexibility index (Phi) is 6.60. The van der Waals surface area contributed by atoms with Crippen molar-refractivity contribution in [3.63, 3.8) is 0 Å². The van der Waals surface area contributed by atoms with Crippen LogP contribution in [-0.2, 0) is 11.3 Å². The molecule has 0 aliphatic heterocycles. The second kappa shape index (κ2) is 10.1. The first-order valence-electron chi connectivity index (χ1n) is 10.1. The summed E-state index contributed by atoms with van der Waals surface area (Å²) in [4.78, 5) is 25.3. The number of aromatic nitrogens is 4. The largest absolute Gasteiger partial charge is 0.465 e. The van der Waals surface area contributed by atoms with Crippen LogP contribution in [0.3, 0.4) is 0 Å². The average Bonchev–Trinajstić information content (AvgIpc) is 3.33. The second-order valence-corrected chi connectivity index (χ2v) is 7.02. The van der Waals surface area contributed by atoms with E-state index in [1.807, 2.05) is 42.5 Å². The molecule has 4 aromatic rings. The standard InChI is InChI=1S/C24H20N6O3/c1-33-24(32)21-13-7-17(8-14-21)15-25-27-23(31)20-11-9-18(10-12-20)16-30-28-22(26-29-30)19-5-3-2-4-6-19/h2-15H,16H2,1H3,(H,27,31)/b25-15+. The number of hydrogen-bond donors (Lipinski definition) is 1. The van der Waals surface area contributed by atoms with E-state index >= 15 is 0 Å². The van der Waals surface area contributed by atoms with Gasteiger partial charge >= 0.3 is 5.97 Å². The molecule has 1 heterocycles. The number of esters is 1. The van der Waals surface area contributed by atoms with Gasteiger partial charge in [0.25, 0.3) is 5.91 Å². The lowest BCUT2D eigenvalue weighted by Crippen LogP contribution is -2.17. The van der Waals surface area contributed by atoms with E-state index in [1.54, 1.807) is 36.4 Å². The summed E-state index contributed by atoms with van der Waals surface area (Å²) in [7, 11) is 1.33. The number of carbonyl (C=O) groups is 2. The summed E-state index contributed by atoms with van der Waals surface area (Å²) in [5.41, 5.74) is 5.95. The second-order valence-electron chi connectivity index (χ2n) is 7.02. The van der Waals surface area contributed by atoms with Crippen molar-refractivity contribution >= 4 is 18.1 Å². The maximum absolute atomic E-state index is 12.3. The SMILES string of the molecule is COC(=O)c1ccc(/C=N/NC(=O)c2ccc(Cn3nnc(-c4ccccc4)n3)cc2)cc1. The van der Waals surface area contributed by atoms with Gasteiger partial charge in [-0.05, 0) is 40.6 Å². The summed E-state index contributed by atoms with van der Waals surface area (Å²) in [6.07, 6.45) is 1.49. The molecule has 0 fully saturated rings. The number of rotatable bonds is 7. The molecule has 0 saturated carbocycles. The number of benzene rings is 3. The zero-order valence-electron chi connectivity index (χ0n) is 17.8. The van der Waals surface area contributed by atoms with Crippen LogP contribution in [-0.4, -0.2) is 45.4 Å². The number of hydrogen-bond acceptors (Lipinski definition) is 7. The molecule has 0 aliphatic rings. The van der Waals surface area contributed by atoms with Crippen molar-refractivity contribution in [1.82, 2.24) is 25.6 Å². The van der Waals surface area contributed by atoms with Crippen LogP contribution < -0.4 is 5.43 Å². The van der Waals surface area contributed by atoms with E-state index in [2.05, 4.69) is 30.7 Å². The van der Waals surface area contributed by atoms with E-state index in [0.29, 0.717) is 23.5 Å². The molecule has 0 spiro atoms. The molecular weight excluding hydrogens is 420 g/mol. The quantitative estimate of drug-likeness (QED) is 0.269. The topological polar surface area (TPSA) is 111 Å². The lowest BCUT2D eigenvalue weighted by molar-refractivity contribution is 0.0600. The maximum atomic E-state index is 12.3.